The van der Waals surface area contributed by atoms with Crippen molar-refractivity contribution in [1.29, 1.82) is 0 Å². The molecule has 0 fully saturated rings. The third-order valence-electron chi connectivity index (χ3n) is 2.90. The van der Waals surface area contributed by atoms with E-state index in [0.717, 1.165) is 23.6 Å². The molecule has 0 aliphatic carbocycles. The highest BCUT2D eigenvalue weighted by molar-refractivity contribution is 7.07. The summed E-state index contributed by atoms with van der Waals surface area (Å²) in [4.78, 5) is 10.5. The zero-order chi connectivity index (χ0) is 16.1. The minimum absolute atomic E-state index is 0.262. The maximum atomic E-state index is 6.26. The molecule has 2 aromatic rings. The summed E-state index contributed by atoms with van der Waals surface area (Å²) in [7, 11) is 1.95. The van der Waals surface area contributed by atoms with Crippen LogP contribution in [0.15, 0.2) is 17.1 Å². The van der Waals surface area contributed by atoms with E-state index < -0.39 is 0 Å². The fraction of sp³-hybridized carbons (Fsp3) is 0.357. The summed E-state index contributed by atoms with van der Waals surface area (Å²) in [5, 5.41) is 0.959. The van der Waals surface area contributed by atoms with Crippen molar-refractivity contribution in [2.45, 2.75) is 19.7 Å². The lowest BCUT2D eigenvalue weighted by Crippen LogP contribution is -2.14. The van der Waals surface area contributed by atoms with Crippen LogP contribution in [0.3, 0.4) is 0 Å². The molecule has 2 rings (SSSR count). The van der Waals surface area contributed by atoms with E-state index in [1.165, 1.54) is 0 Å². The Bertz CT molecular complexity index is 675. The van der Waals surface area contributed by atoms with Crippen molar-refractivity contribution in [3.63, 3.8) is 0 Å². The van der Waals surface area contributed by atoms with E-state index in [1.807, 2.05) is 31.9 Å². The normalized spacial score (nSPS) is 11.1. The number of alkyl halides is 1. The van der Waals surface area contributed by atoms with Crippen molar-refractivity contribution < 1.29 is 4.74 Å². The van der Waals surface area contributed by atoms with Crippen molar-refractivity contribution >= 4 is 46.8 Å². The first-order valence-electron chi connectivity index (χ1n) is 6.64. The van der Waals surface area contributed by atoms with E-state index in [9.17, 15) is 0 Å². The molecule has 0 bridgehead atoms. The molecule has 0 saturated heterocycles. The summed E-state index contributed by atoms with van der Waals surface area (Å²) in [6.07, 6.45) is 1.75. The molecule has 0 amide bonds. The van der Waals surface area contributed by atoms with Gasteiger partial charge in [0, 0.05) is 31.2 Å². The predicted molar refractivity (Wildman–Crippen MR) is 92.2 cm³/mol. The van der Waals surface area contributed by atoms with Crippen LogP contribution in [0.2, 0.25) is 5.02 Å². The van der Waals surface area contributed by atoms with Crippen LogP contribution in [0.25, 0.3) is 0 Å². The van der Waals surface area contributed by atoms with E-state index in [0.29, 0.717) is 27.5 Å². The van der Waals surface area contributed by atoms with Gasteiger partial charge in [-0.15, -0.1) is 11.6 Å². The number of rotatable bonds is 6. The molecule has 1 heterocycles. The average Bonchev–Trinajstić information content (AvgIpc) is 2.96. The SMILES string of the molecule is CCN(C)C=Nc1cc(C)c(Oc2nc(CCl)ns2)cc1Cl. The molecule has 0 radical (unpaired) electrons. The van der Waals surface area contributed by atoms with Crippen molar-refractivity contribution in [3.8, 4) is 10.9 Å². The highest BCUT2D eigenvalue weighted by Gasteiger charge is 2.10. The summed E-state index contributed by atoms with van der Waals surface area (Å²) in [6.45, 7) is 4.85. The number of benzene rings is 1. The van der Waals surface area contributed by atoms with Gasteiger partial charge in [-0.3, -0.25) is 0 Å². The van der Waals surface area contributed by atoms with E-state index >= 15 is 0 Å². The van der Waals surface area contributed by atoms with Crippen molar-refractivity contribution in [3.05, 3.63) is 28.5 Å². The van der Waals surface area contributed by atoms with Crippen LogP contribution >= 0.6 is 34.7 Å². The molecule has 1 aromatic heterocycles. The van der Waals surface area contributed by atoms with Gasteiger partial charge in [0.25, 0.3) is 5.19 Å². The second kappa shape index (κ2) is 7.76. The second-order valence-corrected chi connectivity index (χ2v) is 5.99. The molecule has 118 valence electrons. The zero-order valence-electron chi connectivity index (χ0n) is 12.5. The Labute approximate surface area is 143 Å². The lowest BCUT2D eigenvalue weighted by Gasteiger charge is -2.10. The average molecular weight is 359 g/mol. The zero-order valence-corrected chi connectivity index (χ0v) is 14.8. The molecule has 22 heavy (non-hydrogen) atoms. The molecule has 0 saturated carbocycles. The Kier molecular flexibility index (Phi) is 5.99. The standard InChI is InChI=1S/C14H16Cl2N4OS/c1-4-20(3)8-17-11-5-9(2)12(6-10(11)16)21-14-18-13(7-15)19-22-14/h5-6,8H,4,7H2,1-3H3. The Morgan fingerprint density at radius 1 is 1.45 bits per heavy atom. The quantitative estimate of drug-likeness (QED) is 0.428. The monoisotopic (exact) mass is 358 g/mol. The summed E-state index contributed by atoms with van der Waals surface area (Å²) < 4.78 is 9.78. The van der Waals surface area contributed by atoms with Gasteiger partial charge in [0.2, 0.25) is 0 Å². The number of halogens is 2. The van der Waals surface area contributed by atoms with Crippen LogP contribution < -0.4 is 4.74 Å². The summed E-state index contributed by atoms with van der Waals surface area (Å²) in [5.41, 5.74) is 1.61. The van der Waals surface area contributed by atoms with Crippen LogP contribution in [0, 0.1) is 6.92 Å². The van der Waals surface area contributed by atoms with Crippen molar-refractivity contribution in [2.75, 3.05) is 13.6 Å². The molecule has 5 nitrogen and oxygen atoms in total. The van der Waals surface area contributed by atoms with Crippen LogP contribution in [-0.2, 0) is 5.88 Å². The predicted octanol–water partition coefficient (Wildman–Crippen LogP) is 4.64. The Morgan fingerprint density at radius 2 is 2.23 bits per heavy atom. The van der Waals surface area contributed by atoms with Crippen molar-refractivity contribution in [1.82, 2.24) is 14.3 Å². The molecular formula is C14H16Cl2N4OS. The van der Waals surface area contributed by atoms with Crippen LogP contribution in [0.5, 0.6) is 10.9 Å². The van der Waals surface area contributed by atoms with Crippen molar-refractivity contribution in [2.24, 2.45) is 4.99 Å². The summed E-state index contributed by atoms with van der Waals surface area (Å²) in [5.74, 6) is 1.44. The first-order valence-corrected chi connectivity index (χ1v) is 8.33. The molecule has 1 aromatic carbocycles. The number of hydrogen-bond donors (Lipinski definition) is 0. The van der Waals surface area contributed by atoms with Gasteiger partial charge in [-0.2, -0.15) is 9.36 Å². The number of ether oxygens (including phenoxy) is 1. The summed E-state index contributed by atoms with van der Waals surface area (Å²) in [6, 6.07) is 3.61. The Hall–Kier alpha value is -1.37. The maximum absolute atomic E-state index is 6.26. The topological polar surface area (TPSA) is 50.6 Å². The Morgan fingerprint density at radius 3 is 2.86 bits per heavy atom. The molecule has 0 aliphatic rings. The highest BCUT2D eigenvalue weighted by Crippen LogP contribution is 2.35. The Balaban J connectivity index is 2.20. The van der Waals surface area contributed by atoms with E-state index in [1.54, 1.807) is 12.4 Å². The minimum Gasteiger partial charge on any atom is -0.430 e. The van der Waals surface area contributed by atoms with E-state index in [2.05, 4.69) is 14.3 Å². The molecule has 0 atom stereocenters. The molecular weight excluding hydrogens is 343 g/mol. The number of aromatic nitrogens is 2. The number of aryl methyl sites for hydroxylation is 1. The minimum atomic E-state index is 0.262. The smallest absolute Gasteiger partial charge is 0.298 e. The van der Waals surface area contributed by atoms with E-state index in [-0.39, 0.29) is 5.88 Å². The maximum Gasteiger partial charge on any atom is 0.298 e. The number of hydrogen-bond acceptors (Lipinski definition) is 5. The van der Waals surface area contributed by atoms with Gasteiger partial charge in [0.15, 0.2) is 5.82 Å². The largest absolute Gasteiger partial charge is 0.430 e. The molecule has 0 spiro atoms. The number of aliphatic imine (C=N–C) groups is 1. The van der Waals surface area contributed by atoms with Gasteiger partial charge >= 0.3 is 0 Å². The van der Waals surface area contributed by atoms with Crippen LogP contribution in [0.1, 0.15) is 18.3 Å². The first kappa shape index (κ1) is 17.0. The van der Waals surface area contributed by atoms with Crippen LogP contribution in [0.4, 0.5) is 5.69 Å². The second-order valence-electron chi connectivity index (χ2n) is 4.60. The van der Waals surface area contributed by atoms with Gasteiger partial charge in [-0.05, 0) is 25.5 Å². The van der Waals surface area contributed by atoms with E-state index in [4.69, 9.17) is 27.9 Å². The highest BCUT2D eigenvalue weighted by atomic mass is 35.5. The van der Waals surface area contributed by atoms with Gasteiger partial charge in [-0.1, -0.05) is 11.6 Å². The third-order valence-corrected chi connectivity index (χ3v) is 4.08. The van der Waals surface area contributed by atoms with Gasteiger partial charge in [0.05, 0.1) is 22.9 Å². The third kappa shape index (κ3) is 4.32. The lowest BCUT2D eigenvalue weighted by atomic mass is 10.2. The molecule has 0 unspecified atom stereocenters. The molecule has 0 N–H and O–H groups in total. The van der Waals surface area contributed by atoms with Crippen LogP contribution in [-0.4, -0.2) is 34.2 Å². The fourth-order valence-corrected chi connectivity index (χ4v) is 2.48. The fourth-order valence-electron chi connectivity index (χ4n) is 1.53. The van der Waals surface area contributed by atoms with Gasteiger partial charge < -0.3 is 9.64 Å². The van der Waals surface area contributed by atoms with Gasteiger partial charge in [-0.25, -0.2) is 4.99 Å². The van der Waals surface area contributed by atoms with Gasteiger partial charge in [0.1, 0.15) is 5.75 Å². The molecule has 8 heteroatoms. The number of nitrogens with zero attached hydrogens (tertiary/aromatic N) is 4. The lowest BCUT2D eigenvalue weighted by molar-refractivity contribution is 0.474. The summed E-state index contributed by atoms with van der Waals surface area (Å²) >= 11 is 13.1. The molecule has 0 aliphatic heterocycles. The first-order chi connectivity index (χ1) is 10.5.